The number of aromatic nitrogens is 2. The molecule has 0 aliphatic heterocycles. The Balaban J connectivity index is 2.16. The first-order chi connectivity index (χ1) is 10.1. The molecule has 21 heavy (non-hydrogen) atoms. The Morgan fingerprint density at radius 2 is 2.24 bits per heavy atom. The van der Waals surface area contributed by atoms with Crippen molar-refractivity contribution in [2.24, 2.45) is 0 Å². The summed E-state index contributed by atoms with van der Waals surface area (Å²) in [5, 5.41) is 10.9. The lowest BCUT2D eigenvalue weighted by molar-refractivity contribution is -0.693. The topological polar surface area (TPSA) is 73.0 Å². The van der Waals surface area contributed by atoms with Crippen LogP contribution < -0.4 is 4.57 Å². The minimum atomic E-state index is -0.422. The Kier molecular flexibility index (Phi) is 3.13. The summed E-state index contributed by atoms with van der Waals surface area (Å²) in [6, 6.07) is 6.75. The van der Waals surface area contributed by atoms with E-state index in [0.717, 1.165) is 12.1 Å². The van der Waals surface area contributed by atoms with Crippen molar-refractivity contribution in [2.75, 3.05) is 0 Å². The number of hydrogen-bond acceptors (Lipinski definition) is 4. The van der Waals surface area contributed by atoms with Gasteiger partial charge in [-0.2, -0.15) is 0 Å². The molecule has 0 saturated carbocycles. The van der Waals surface area contributed by atoms with Crippen LogP contribution in [0.1, 0.15) is 12.5 Å². The highest BCUT2D eigenvalue weighted by Crippen LogP contribution is 2.29. The number of nitro groups is 1. The molecule has 0 aliphatic rings. The van der Waals surface area contributed by atoms with Crippen molar-refractivity contribution in [3.63, 3.8) is 0 Å². The van der Waals surface area contributed by atoms with Gasteiger partial charge in [0.25, 0.3) is 5.69 Å². The Hall–Kier alpha value is -2.76. The van der Waals surface area contributed by atoms with Crippen molar-refractivity contribution in [3.8, 4) is 11.5 Å². The number of oxazole rings is 1. The van der Waals surface area contributed by atoms with Crippen LogP contribution >= 0.6 is 0 Å². The molecule has 0 saturated heterocycles. The number of rotatable bonds is 3. The maximum atomic E-state index is 10.9. The van der Waals surface area contributed by atoms with E-state index < -0.39 is 4.92 Å². The van der Waals surface area contributed by atoms with Crippen LogP contribution in [0.15, 0.2) is 41.1 Å². The first kappa shape index (κ1) is 13.2. The smallest absolute Gasteiger partial charge is 0.272 e. The maximum Gasteiger partial charge on any atom is 0.272 e. The van der Waals surface area contributed by atoms with E-state index >= 15 is 0 Å². The van der Waals surface area contributed by atoms with Gasteiger partial charge in [0.1, 0.15) is 17.6 Å². The van der Waals surface area contributed by atoms with Crippen molar-refractivity contribution in [1.82, 2.24) is 4.98 Å². The van der Waals surface area contributed by atoms with Crippen molar-refractivity contribution >= 4 is 16.8 Å². The van der Waals surface area contributed by atoms with Gasteiger partial charge in [-0.25, -0.2) is 9.55 Å². The Labute approximate surface area is 120 Å². The normalized spacial score (nSPS) is 11.0. The van der Waals surface area contributed by atoms with Crippen LogP contribution in [0.4, 0.5) is 5.69 Å². The highest BCUT2D eigenvalue weighted by Gasteiger charge is 2.17. The molecule has 6 heteroatoms. The van der Waals surface area contributed by atoms with Crippen molar-refractivity contribution in [2.45, 2.75) is 20.4 Å². The second-order valence-electron chi connectivity index (χ2n) is 4.81. The number of fused-ring (bicyclic) bond motifs is 1. The largest absolute Gasteiger partial charge is 0.436 e. The monoisotopic (exact) mass is 284 g/mol. The summed E-state index contributed by atoms with van der Waals surface area (Å²) >= 11 is 0. The third-order valence-electron chi connectivity index (χ3n) is 3.34. The van der Waals surface area contributed by atoms with E-state index in [-0.39, 0.29) is 5.69 Å². The molecule has 2 aromatic heterocycles. The summed E-state index contributed by atoms with van der Waals surface area (Å²) in [4.78, 5) is 14.9. The van der Waals surface area contributed by atoms with Gasteiger partial charge < -0.3 is 4.42 Å². The minimum absolute atomic E-state index is 0.0246. The number of non-ortho nitro benzene ring substituents is 1. The lowest BCUT2D eigenvalue weighted by atomic mass is 10.2. The second-order valence-corrected chi connectivity index (χ2v) is 4.81. The van der Waals surface area contributed by atoms with Gasteiger partial charge in [0.2, 0.25) is 5.89 Å². The number of nitro benzene ring substituents is 1. The Morgan fingerprint density at radius 1 is 1.43 bits per heavy atom. The third kappa shape index (κ3) is 2.35. The fourth-order valence-electron chi connectivity index (χ4n) is 2.26. The fraction of sp³-hybridized carbons (Fsp3) is 0.200. The van der Waals surface area contributed by atoms with E-state index in [9.17, 15) is 10.1 Å². The molecule has 0 radical (unpaired) electrons. The number of pyridine rings is 1. The fourth-order valence-corrected chi connectivity index (χ4v) is 2.26. The van der Waals surface area contributed by atoms with Crippen LogP contribution in [0.3, 0.4) is 0 Å². The van der Waals surface area contributed by atoms with E-state index in [2.05, 4.69) is 4.98 Å². The van der Waals surface area contributed by atoms with Gasteiger partial charge in [0.05, 0.1) is 4.92 Å². The zero-order chi connectivity index (χ0) is 15.0. The van der Waals surface area contributed by atoms with Crippen LogP contribution in [0.25, 0.3) is 22.6 Å². The molecule has 0 fully saturated rings. The molecular formula is C15H14N3O3+. The molecule has 0 unspecified atom stereocenters. The first-order valence-electron chi connectivity index (χ1n) is 6.63. The van der Waals surface area contributed by atoms with E-state index in [1.54, 1.807) is 6.92 Å². The maximum absolute atomic E-state index is 10.9. The summed E-state index contributed by atoms with van der Waals surface area (Å²) in [7, 11) is 0. The molecule has 0 amide bonds. The van der Waals surface area contributed by atoms with E-state index in [0.29, 0.717) is 22.6 Å². The predicted octanol–water partition coefficient (Wildman–Crippen LogP) is 3.02. The van der Waals surface area contributed by atoms with Crippen molar-refractivity contribution in [1.29, 1.82) is 0 Å². The number of nitrogens with zero attached hydrogens (tertiary/aromatic N) is 3. The molecule has 2 heterocycles. The van der Waals surface area contributed by atoms with Gasteiger partial charge in [0, 0.05) is 23.8 Å². The van der Waals surface area contributed by atoms with Crippen molar-refractivity contribution in [3.05, 3.63) is 52.3 Å². The number of hydrogen-bond donors (Lipinski definition) is 0. The van der Waals surface area contributed by atoms with Gasteiger partial charge in [-0.15, -0.1) is 0 Å². The van der Waals surface area contributed by atoms with Gasteiger partial charge in [0.15, 0.2) is 18.0 Å². The highest BCUT2D eigenvalue weighted by atomic mass is 16.6. The summed E-state index contributed by atoms with van der Waals surface area (Å²) in [5.74, 6) is 0.469. The molecule has 1 aromatic carbocycles. The molecule has 0 aliphatic carbocycles. The average Bonchev–Trinajstić information content (AvgIpc) is 2.92. The third-order valence-corrected chi connectivity index (χ3v) is 3.34. The molecule has 3 aromatic rings. The molecule has 3 rings (SSSR count). The Morgan fingerprint density at radius 3 is 2.95 bits per heavy atom. The van der Waals surface area contributed by atoms with Gasteiger partial charge >= 0.3 is 0 Å². The minimum Gasteiger partial charge on any atom is -0.436 e. The van der Waals surface area contributed by atoms with Gasteiger partial charge in [-0.3, -0.25) is 10.1 Å². The van der Waals surface area contributed by atoms with Gasteiger partial charge in [-0.1, -0.05) is 0 Å². The number of benzene rings is 1. The van der Waals surface area contributed by atoms with Crippen LogP contribution in [0.5, 0.6) is 0 Å². The molecule has 0 spiro atoms. The SMILES string of the molecule is CC[n+]1cccc(-c2nc3cc([N+](=O)[O-])cc(C)c3o2)c1. The van der Waals surface area contributed by atoms with Crippen LogP contribution in [0.2, 0.25) is 0 Å². The summed E-state index contributed by atoms with van der Waals surface area (Å²) in [6.07, 6.45) is 3.90. The highest BCUT2D eigenvalue weighted by molar-refractivity contribution is 5.81. The lowest BCUT2D eigenvalue weighted by Crippen LogP contribution is -2.30. The Bertz CT molecular complexity index is 839. The zero-order valence-electron chi connectivity index (χ0n) is 11.7. The molecule has 106 valence electrons. The quantitative estimate of drug-likeness (QED) is 0.421. The molecule has 6 nitrogen and oxygen atoms in total. The average molecular weight is 284 g/mol. The lowest BCUT2D eigenvalue weighted by Gasteiger charge is -1.95. The van der Waals surface area contributed by atoms with Crippen LogP contribution in [-0.4, -0.2) is 9.91 Å². The van der Waals surface area contributed by atoms with E-state index in [1.165, 1.54) is 12.1 Å². The van der Waals surface area contributed by atoms with E-state index in [1.807, 2.05) is 36.0 Å². The molecular weight excluding hydrogens is 270 g/mol. The second kappa shape index (κ2) is 4.97. The standard InChI is InChI=1S/C15H14N3O3/c1-3-17-6-4-5-11(9-17)15-16-13-8-12(18(19)20)7-10(2)14(13)21-15/h4-9H,3H2,1-2H3/q+1. The molecule has 0 N–H and O–H groups in total. The van der Waals surface area contributed by atoms with Gasteiger partial charge in [-0.05, 0) is 19.9 Å². The zero-order valence-corrected chi connectivity index (χ0v) is 11.7. The van der Waals surface area contributed by atoms with E-state index in [4.69, 9.17) is 4.42 Å². The summed E-state index contributed by atoms with van der Waals surface area (Å²) in [6.45, 7) is 4.67. The molecule has 0 bridgehead atoms. The van der Waals surface area contributed by atoms with Crippen LogP contribution in [-0.2, 0) is 6.54 Å². The summed E-state index contributed by atoms with van der Waals surface area (Å²) in [5.41, 5.74) is 2.66. The van der Waals surface area contributed by atoms with Crippen LogP contribution in [0, 0.1) is 17.0 Å². The molecule has 0 atom stereocenters. The number of aryl methyl sites for hydroxylation is 2. The first-order valence-corrected chi connectivity index (χ1v) is 6.63. The predicted molar refractivity (Wildman–Crippen MR) is 76.7 cm³/mol. The summed E-state index contributed by atoms with van der Waals surface area (Å²) < 4.78 is 7.79. The van der Waals surface area contributed by atoms with Crippen molar-refractivity contribution < 1.29 is 13.9 Å².